The van der Waals surface area contributed by atoms with Gasteiger partial charge in [-0.2, -0.15) is 0 Å². The van der Waals surface area contributed by atoms with Crippen molar-refractivity contribution in [1.82, 2.24) is 5.32 Å². The molecule has 1 N–H and O–H groups in total. The third-order valence-corrected chi connectivity index (χ3v) is 3.83. The van der Waals surface area contributed by atoms with Crippen molar-refractivity contribution in [3.8, 4) is 5.75 Å². The Hall–Kier alpha value is -2.77. The van der Waals surface area contributed by atoms with Crippen LogP contribution >= 0.6 is 0 Å². The van der Waals surface area contributed by atoms with Gasteiger partial charge in [-0.25, -0.2) is 9.79 Å². The minimum atomic E-state index is -0.817. The van der Waals surface area contributed by atoms with E-state index in [0.29, 0.717) is 25.2 Å². The molecular weight excluding hydrogens is 359 g/mol. The van der Waals surface area contributed by atoms with Gasteiger partial charge in [0.05, 0.1) is 7.11 Å². The largest absolute Gasteiger partial charge is 0.560 e. The Kier molecular flexibility index (Phi) is 10.5. The van der Waals surface area contributed by atoms with Gasteiger partial charge < -0.3 is 19.4 Å². The smallest absolute Gasteiger partial charge is 0.375 e. The number of aliphatic imine (C=N–C) groups is 1. The van der Waals surface area contributed by atoms with Crippen LogP contribution in [0.25, 0.3) is 0 Å². The Labute approximate surface area is 167 Å². The van der Waals surface area contributed by atoms with Crippen LogP contribution in [0.15, 0.2) is 41.9 Å². The predicted molar refractivity (Wildman–Crippen MR) is 108 cm³/mol. The molecule has 8 heteroatoms. The van der Waals surface area contributed by atoms with Gasteiger partial charge in [-0.05, 0) is 30.0 Å². The molecule has 0 unspecified atom stereocenters. The SMILES string of the molecule is [B]OC=N[C@@H](Cc1ccc(OCC=C)cc1)C(=O)N[C@@H](CC(C)C)C(=O)OC. The maximum absolute atomic E-state index is 12.7. The van der Waals surface area contributed by atoms with Gasteiger partial charge in [-0.1, -0.05) is 38.6 Å². The second-order valence-electron chi connectivity index (χ2n) is 6.57. The number of nitrogens with one attached hydrogen (secondary N) is 1. The van der Waals surface area contributed by atoms with Crippen LogP contribution in [-0.4, -0.2) is 52.1 Å². The quantitative estimate of drug-likeness (QED) is 0.195. The van der Waals surface area contributed by atoms with Crippen LogP contribution in [0.4, 0.5) is 0 Å². The number of esters is 1. The second-order valence-corrected chi connectivity index (χ2v) is 6.57. The summed E-state index contributed by atoms with van der Waals surface area (Å²) < 4.78 is 14.6. The lowest BCUT2D eigenvalue weighted by Gasteiger charge is -2.21. The van der Waals surface area contributed by atoms with Gasteiger partial charge in [0, 0.05) is 6.42 Å². The molecule has 1 aromatic rings. The van der Waals surface area contributed by atoms with E-state index in [1.54, 1.807) is 18.2 Å². The Bertz CT molecular complexity index is 661. The fourth-order valence-electron chi connectivity index (χ4n) is 2.52. The van der Waals surface area contributed by atoms with E-state index in [2.05, 4.69) is 21.5 Å². The van der Waals surface area contributed by atoms with Gasteiger partial charge in [-0.3, -0.25) is 4.79 Å². The number of nitrogens with zero attached hydrogens (tertiary/aromatic N) is 1. The Morgan fingerprint density at radius 3 is 2.50 bits per heavy atom. The summed E-state index contributed by atoms with van der Waals surface area (Å²) in [5.74, 6) is -0.0251. The summed E-state index contributed by atoms with van der Waals surface area (Å²) in [7, 11) is 6.28. The minimum absolute atomic E-state index is 0.196. The fraction of sp³-hybridized carbons (Fsp3) is 0.450. The summed E-state index contributed by atoms with van der Waals surface area (Å²) in [5, 5.41) is 2.71. The van der Waals surface area contributed by atoms with Crippen LogP contribution < -0.4 is 10.1 Å². The van der Waals surface area contributed by atoms with Gasteiger partial charge in [0.2, 0.25) is 5.91 Å². The van der Waals surface area contributed by atoms with Crippen LogP contribution in [0, 0.1) is 5.92 Å². The Morgan fingerprint density at radius 2 is 1.96 bits per heavy atom. The number of ether oxygens (including phenoxy) is 2. The lowest BCUT2D eigenvalue weighted by Crippen LogP contribution is -2.46. The average Bonchev–Trinajstić information content (AvgIpc) is 2.68. The lowest BCUT2D eigenvalue weighted by atomic mass is 10.0. The van der Waals surface area contributed by atoms with E-state index in [1.165, 1.54) is 7.11 Å². The van der Waals surface area contributed by atoms with E-state index in [1.807, 2.05) is 26.0 Å². The van der Waals surface area contributed by atoms with Crippen LogP contribution in [-0.2, 0) is 25.4 Å². The summed E-state index contributed by atoms with van der Waals surface area (Å²) in [6.45, 7) is 7.92. The first-order valence-corrected chi connectivity index (χ1v) is 8.99. The minimum Gasteiger partial charge on any atom is -0.560 e. The molecule has 0 saturated heterocycles. The van der Waals surface area contributed by atoms with E-state index in [-0.39, 0.29) is 5.92 Å². The molecule has 0 aliphatic rings. The van der Waals surface area contributed by atoms with Crippen LogP contribution in [0.5, 0.6) is 5.75 Å². The van der Waals surface area contributed by atoms with Crippen molar-refractivity contribution in [3.63, 3.8) is 0 Å². The first-order chi connectivity index (χ1) is 13.4. The molecule has 1 rings (SSSR count). The molecule has 0 fully saturated rings. The summed E-state index contributed by atoms with van der Waals surface area (Å²) in [6, 6.07) is 5.71. The maximum atomic E-state index is 12.7. The average molecular weight is 386 g/mol. The summed E-state index contributed by atoms with van der Waals surface area (Å²) in [6.07, 6.45) is 3.41. The third-order valence-electron chi connectivity index (χ3n) is 3.83. The van der Waals surface area contributed by atoms with Gasteiger partial charge in [0.15, 0.2) is 6.40 Å². The number of benzene rings is 1. The zero-order valence-electron chi connectivity index (χ0n) is 16.6. The van der Waals surface area contributed by atoms with E-state index < -0.39 is 24.0 Å². The van der Waals surface area contributed by atoms with E-state index in [9.17, 15) is 9.59 Å². The molecular formula is C20H27BN2O5. The van der Waals surface area contributed by atoms with E-state index in [4.69, 9.17) is 17.5 Å². The molecule has 1 amide bonds. The topological polar surface area (TPSA) is 86.2 Å². The van der Waals surface area contributed by atoms with Crippen LogP contribution in [0.3, 0.4) is 0 Å². The molecule has 2 atom stereocenters. The van der Waals surface area contributed by atoms with Gasteiger partial charge >= 0.3 is 14.0 Å². The van der Waals surface area contributed by atoms with Crippen molar-refractivity contribution in [2.24, 2.45) is 10.9 Å². The molecule has 0 aliphatic carbocycles. The molecule has 0 bridgehead atoms. The molecule has 1 aromatic carbocycles. The second kappa shape index (κ2) is 12.6. The molecule has 0 aromatic heterocycles. The molecule has 0 saturated carbocycles. The lowest BCUT2D eigenvalue weighted by molar-refractivity contribution is -0.145. The standard InChI is InChI=1S/C20H27BN2O5/c1-5-10-27-16-8-6-15(7-9-16)12-17(22-13-28-21)19(24)23-18(11-14(2)3)20(25)26-4/h5-9,13-14,17-18H,1,10-12H2,2-4H3,(H,23,24)/t17-,18-/m0/s1. The van der Waals surface area contributed by atoms with Crippen molar-refractivity contribution in [2.75, 3.05) is 13.7 Å². The Morgan fingerprint density at radius 1 is 1.29 bits per heavy atom. The van der Waals surface area contributed by atoms with Crippen molar-refractivity contribution in [1.29, 1.82) is 0 Å². The Balaban J connectivity index is 2.87. The molecule has 0 heterocycles. The summed E-state index contributed by atoms with van der Waals surface area (Å²) in [4.78, 5) is 28.7. The highest BCUT2D eigenvalue weighted by atomic mass is 16.5. The zero-order chi connectivity index (χ0) is 20.9. The van der Waals surface area contributed by atoms with Gasteiger partial charge in [-0.15, -0.1) is 0 Å². The number of methoxy groups -OCH3 is 1. The zero-order valence-corrected chi connectivity index (χ0v) is 16.6. The number of carbonyl (C=O) groups excluding carboxylic acids is 2. The van der Waals surface area contributed by atoms with E-state index in [0.717, 1.165) is 12.0 Å². The monoisotopic (exact) mass is 386 g/mol. The van der Waals surface area contributed by atoms with Gasteiger partial charge in [0.1, 0.15) is 24.4 Å². The van der Waals surface area contributed by atoms with Crippen LogP contribution in [0.2, 0.25) is 0 Å². The third kappa shape index (κ3) is 8.29. The summed E-state index contributed by atoms with van der Waals surface area (Å²) in [5.41, 5.74) is 0.860. The maximum Gasteiger partial charge on any atom is 0.375 e. The molecule has 28 heavy (non-hydrogen) atoms. The molecule has 150 valence electrons. The number of carbonyl (C=O) groups is 2. The number of hydrogen-bond acceptors (Lipinski definition) is 6. The molecule has 0 spiro atoms. The van der Waals surface area contributed by atoms with Crippen molar-refractivity contribution >= 4 is 26.3 Å². The molecule has 0 aliphatic heterocycles. The van der Waals surface area contributed by atoms with Crippen molar-refractivity contribution < 1.29 is 23.7 Å². The number of amides is 1. The normalized spacial score (nSPS) is 13.0. The highest BCUT2D eigenvalue weighted by molar-refractivity contribution is 6.02. The first-order valence-electron chi connectivity index (χ1n) is 8.99. The number of hydrogen-bond donors (Lipinski definition) is 1. The van der Waals surface area contributed by atoms with Crippen LogP contribution in [0.1, 0.15) is 25.8 Å². The fourth-order valence-corrected chi connectivity index (χ4v) is 2.52. The first kappa shape index (κ1) is 23.3. The van der Waals surface area contributed by atoms with E-state index >= 15 is 0 Å². The summed E-state index contributed by atoms with van der Waals surface area (Å²) >= 11 is 0. The predicted octanol–water partition coefficient (Wildman–Crippen LogP) is 1.99. The van der Waals surface area contributed by atoms with Crippen molar-refractivity contribution in [2.45, 2.75) is 38.8 Å². The highest BCUT2D eigenvalue weighted by Crippen LogP contribution is 2.15. The molecule has 7 nitrogen and oxygen atoms in total. The van der Waals surface area contributed by atoms with Crippen molar-refractivity contribution in [3.05, 3.63) is 42.5 Å². The number of rotatable bonds is 12. The highest BCUT2D eigenvalue weighted by Gasteiger charge is 2.26. The molecule has 2 radical (unpaired) electrons. The van der Waals surface area contributed by atoms with Gasteiger partial charge in [0.25, 0.3) is 0 Å².